The quantitative estimate of drug-likeness (QED) is 0.638. The van der Waals surface area contributed by atoms with Crippen LogP contribution in [0.5, 0.6) is 17.2 Å². The zero-order valence-electron chi connectivity index (χ0n) is 17.4. The fraction of sp³-hybridized carbons (Fsp3) is 0.480. The Kier molecular flexibility index (Phi) is 4.64. The minimum Gasteiger partial charge on any atom is -0.504 e. The Morgan fingerprint density at radius 1 is 1.00 bits per heavy atom. The van der Waals surface area contributed by atoms with Crippen molar-refractivity contribution in [1.82, 2.24) is 5.32 Å². The van der Waals surface area contributed by atoms with Gasteiger partial charge in [-0.3, -0.25) is 4.79 Å². The Morgan fingerprint density at radius 2 is 1.67 bits per heavy atom. The van der Waals surface area contributed by atoms with Crippen molar-refractivity contribution in [3.8, 4) is 17.2 Å². The summed E-state index contributed by atoms with van der Waals surface area (Å²) in [6.07, 6.45) is 7.78. The van der Waals surface area contributed by atoms with Gasteiger partial charge in [-0.1, -0.05) is 6.07 Å². The van der Waals surface area contributed by atoms with Crippen LogP contribution in [0.15, 0.2) is 36.4 Å². The van der Waals surface area contributed by atoms with Crippen LogP contribution in [-0.2, 0) is 12.0 Å². The number of amides is 1. The van der Waals surface area contributed by atoms with Crippen molar-refractivity contribution in [3.05, 3.63) is 53.1 Å². The van der Waals surface area contributed by atoms with Gasteiger partial charge in [-0.15, -0.1) is 0 Å². The van der Waals surface area contributed by atoms with Gasteiger partial charge in [0.15, 0.2) is 11.5 Å². The van der Waals surface area contributed by atoms with Gasteiger partial charge in [-0.05, 0) is 97.6 Å². The van der Waals surface area contributed by atoms with Gasteiger partial charge in [0.2, 0.25) is 0 Å². The molecule has 4 aliphatic rings. The van der Waals surface area contributed by atoms with Gasteiger partial charge in [-0.2, -0.15) is 0 Å². The average molecular weight is 408 g/mol. The molecule has 0 heterocycles. The largest absolute Gasteiger partial charge is 0.504 e. The van der Waals surface area contributed by atoms with Gasteiger partial charge in [0, 0.05) is 17.7 Å². The van der Waals surface area contributed by atoms with E-state index in [1.807, 2.05) is 12.1 Å². The monoisotopic (exact) mass is 407 g/mol. The van der Waals surface area contributed by atoms with Gasteiger partial charge in [0.1, 0.15) is 5.75 Å². The smallest absolute Gasteiger partial charge is 0.251 e. The summed E-state index contributed by atoms with van der Waals surface area (Å²) in [4.78, 5) is 12.9. The lowest BCUT2D eigenvalue weighted by molar-refractivity contribution is -0.00617. The van der Waals surface area contributed by atoms with Crippen molar-refractivity contribution in [3.63, 3.8) is 0 Å². The van der Waals surface area contributed by atoms with Crippen LogP contribution >= 0.6 is 0 Å². The topological polar surface area (TPSA) is 78.8 Å². The number of phenolic OH excluding ortho intramolecular Hbond substituents is 2. The number of ether oxygens (including phenoxy) is 1. The molecule has 0 atom stereocenters. The van der Waals surface area contributed by atoms with E-state index in [-0.39, 0.29) is 29.4 Å². The Balaban J connectivity index is 1.39. The van der Waals surface area contributed by atoms with Gasteiger partial charge in [0.05, 0.1) is 7.11 Å². The van der Waals surface area contributed by atoms with Crippen molar-refractivity contribution in [2.75, 3.05) is 7.11 Å². The first-order valence-electron chi connectivity index (χ1n) is 10.9. The Labute approximate surface area is 177 Å². The summed E-state index contributed by atoms with van der Waals surface area (Å²) in [6.45, 7) is 0.283. The van der Waals surface area contributed by atoms with Crippen molar-refractivity contribution < 1.29 is 19.7 Å². The number of benzene rings is 2. The molecule has 4 saturated carbocycles. The summed E-state index contributed by atoms with van der Waals surface area (Å²) in [6, 6.07) is 10.4. The van der Waals surface area contributed by atoms with Gasteiger partial charge >= 0.3 is 0 Å². The van der Waals surface area contributed by atoms with E-state index in [0.29, 0.717) is 5.56 Å². The number of nitrogens with one attached hydrogen (secondary N) is 1. The second-order valence-electron chi connectivity index (χ2n) is 9.62. The molecule has 0 spiro atoms. The van der Waals surface area contributed by atoms with E-state index in [1.165, 1.54) is 56.2 Å². The van der Waals surface area contributed by atoms with Crippen molar-refractivity contribution in [1.29, 1.82) is 0 Å². The number of phenols is 2. The summed E-state index contributed by atoms with van der Waals surface area (Å²) < 4.78 is 5.74. The summed E-state index contributed by atoms with van der Waals surface area (Å²) in [5, 5.41) is 22.0. The Bertz CT molecular complexity index is 948. The number of methoxy groups -OCH3 is 1. The van der Waals surface area contributed by atoms with E-state index >= 15 is 0 Å². The first-order valence-corrected chi connectivity index (χ1v) is 10.9. The van der Waals surface area contributed by atoms with Crippen molar-refractivity contribution in [2.45, 2.75) is 50.5 Å². The molecule has 3 N–H and O–H groups in total. The second-order valence-corrected chi connectivity index (χ2v) is 9.62. The van der Waals surface area contributed by atoms with Crippen LogP contribution in [0.25, 0.3) is 0 Å². The standard InChI is InChI=1S/C25H29NO4/c1-30-23-5-3-19(24(29)26-14-15-2-4-21(27)22(28)9-15)10-20(23)25-11-16-6-17(12-25)8-18(7-16)13-25/h2-5,9-10,16-18,27-28H,6-8,11-14H2,1H3,(H,26,29). The molecular formula is C25H29NO4. The van der Waals surface area contributed by atoms with Crippen LogP contribution in [0, 0.1) is 17.8 Å². The van der Waals surface area contributed by atoms with Crippen molar-refractivity contribution in [2.24, 2.45) is 17.8 Å². The zero-order valence-corrected chi connectivity index (χ0v) is 17.4. The van der Waals surface area contributed by atoms with Gasteiger partial charge in [0.25, 0.3) is 5.91 Å². The fourth-order valence-electron chi connectivity index (χ4n) is 6.67. The number of aromatic hydroxyl groups is 2. The van der Waals surface area contributed by atoms with Gasteiger partial charge < -0.3 is 20.3 Å². The van der Waals surface area contributed by atoms with E-state index in [0.717, 1.165) is 29.1 Å². The molecule has 4 fully saturated rings. The minimum atomic E-state index is -0.185. The first-order chi connectivity index (χ1) is 14.5. The van der Waals surface area contributed by atoms with Crippen LogP contribution in [0.1, 0.15) is 60.0 Å². The maximum absolute atomic E-state index is 12.9. The molecule has 4 aliphatic carbocycles. The third kappa shape index (κ3) is 3.30. The summed E-state index contributed by atoms with van der Waals surface area (Å²) in [5.74, 6) is 2.87. The highest BCUT2D eigenvalue weighted by atomic mass is 16.5. The molecule has 0 aliphatic heterocycles. The average Bonchev–Trinajstić information content (AvgIpc) is 2.73. The Hall–Kier alpha value is -2.69. The van der Waals surface area contributed by atoms with E-state index in [9.17, 15) is 15.0 Å². The van der Waals surface area contributed by atoms with E-state index in [1.54, 1.807) is 13.2 Å². The summed E-state index contributed by atoms with van der Waals surface area (Å²) >= 11 is 0. The van der Waals surface area contributed by atoms with E-state index in [4.69, 9.17) is 4.74 Å². The number of rotatable bonds is 5. The predicted molar refractivity (Wildman–Crippen MR) is 114 cm³/mol. The molecule has 2 aromatic rings. The number of hydrogen-bond acceptors (Lipinski definition) is 4. The highest BCUT2D eigenvalue weighted by Gasteiger charge is 2.52. The van der Waals surface area contributed by atoms with Crippen LogP contribution in [0.2, 0.25) is 0 Å². The molecule has 158 valence electrons. The van der Waals surface area contributed by atoms with Crippen LogP contribution in [0.4, 0.5) is 0 Å². The molecule has 0 unspecified atom stereocenters. The number of carbonyl (C=O) groups is 1. The first kappa shape index (κ1) is 19.3. The van der Waals surface area contributed by atoms with Crippen LogP contribution in [-0.4, -0.2) is 23.2 Å². The third-order valence-electron chi connectivity index (χ3n) is 7.56. The van der Waals surface area contributed by atoms with Crippen LogP contribution < -0.4 is 10.1 Å². The highest BCUT2D eigenvalue weighted by Crippen LogP contribution is 2.61. The molecule has 0 radical (unpaired) electrons. The highest BCUT2D eigenvalue weighted by molar-refractivity contribution is 5.94. The molecule has 1 amide bonds. The molecule has 5 nitrogen and oxygen atoms in total. The molecule has 4 bridgehead atoms. The third-order valence-corrected chi connectivity index (χ3v) is 7.56. The predicted octanol–water partition coefficient (Wildman–Crippen LogP) is 4.50. The SMILES string of the molecule is COc1ccc(C(=O)NCc2ccc(O)c(O)c2)cc1C12CC3CC(CC(C3)C1)C2. The fourth-order valence-corrected chi connectivity index (χ4v) is 6.67. The molecule has 0 aromatic heterocycles. The van der Waals surface area contributed by atoms with Crippen LogP contribution in [0.3, 0.4) is 0 Å². The lowest BCUT2D eigenvalue weighted by Crippen LogP contribution is -2.48. The minimum absolute atomic E-state index is 0.142. The summed E-state index contributed by atoms with van der Waals surface area (Å²) in [5.41, 5.74) is 2.73. The molecule has 30 heavy (non-hydrogen) atoms. The lowest BCUT2D eigenvalue weighted by Gasteiger charge is -2.57. The summed E-state index contributed by atoms with van der Waals surface area (Å²) in [7, 11) is 1.72. The zero-order chi connectivity index (χ0) is 20.9. The number of carbonyl (C=O) groups excluding carboxylic acids is 1. The van der Waals surface area contributed by atoms with E-state index in [2.05, 4.69) is 11.4 Å². The van der Waals surface area contributed by atoms with E-state index < -0.39 is 0 Å². The second kappa shape index (κ2) is 7.22. The molecule has 6 rings (SSSR count). The van der Waals surface area contributed by atoms with Gasteiger partial charge in [-0.25, -0.2) is 0 Å². The maximum atomic E-state index is 12.9. The molecule has 5 heteroatoms. The van der Waals surface area contributed by atoms with Crippen molar-refractivity contribution >= 4 is 5.91 Å². The lowest BCUT2D eigenvalue weighted by atomic mass is 9.48. The Morgan fingerprint density at radius 3 is 2.27 bits per heavy atom. The maximum Gasteiger partial charge on any atom is 0.251 e. The molecular weight excluding hydrogens is 378 g/mol. The number of hydrogen-bond donors (Lipinski definition) is 3. The normalized spacial score (nSPS) is 29.0. The molecule has 2 aromatic carbocycles. The molecule has 0 saturated heterocycles.